The summed E-state index contributed by atoms with van der Waals surface area (Å²) in [5, 5.41) is 0.898. The number of ether oxygens (including phenoxy) is 2. The summed E-state index contributed by atoms with van der Waals surface area (Å²) in [6.07, 6.45) is 2.81. The summed E-state index contributed by atoms with van der Waals surface area (Å²) in [6, 6.07) is 7.03. The quantitative estimate of drug-likeness (QED) is 0.637. The number of hydrogen-bond donors (Lipinski definition) is 0. The van der Waals surface area contributed by atoms with Crippen molar-refractivity contribution in [2.45, 2.75) is 45.8 Å². The van der Waals surface area contributed by atoms with E-state index in [4.69, 9.17) is 13.9 Å². The lowest BCUT2D eigenvalue weighted by molar-refractivity contribution is -0.0755. The highest BCUT2D eigenvalue weighted by Crippen LogP contribution is 2.37. The molecule has 2 heterocycles. The molecule has 0 bridgehead atoms. The Balaban J connectivity index is 1.92. The van der Waals surface area contributed by atoms with Crippen LogP contribution in [0, 0.1) is 0 Å². The van der Waals surface area contributed by atoms with E-state index in [1.807, 2.05) is 19.9 Å². The Bertz CT molecular complexity index is 810. The van der Waals surface area contributed by atoms with Crippen molar-refractivity contribution in [3.05, 3.63) is 51.9 Å². The van der Waals surface area contributed by atoms with Gasteiger partial charge in [-0.1, -0.05) is 11.6 Å². The first kappa shape index (κ1) is 15.8. The van der Waals surface area contributed by atoms with E-state index in [1.54, 1.807) is 12.1 Å². The molecule has 4 nitrogen and oxygen atoms in total. The van der Waals surface area contributed by atoms with E-state index in [0.29, 0.717) is 12.2 Å². The normalized spacial score (nSPS) is 19.0. The van der Waals surface area contributed by atoms with Crippen LogP contribution in [0.4, 0.5) is 0 Å². The zero-order valence-corrected chi connectivity index (χ0v) is 14.0. The van der Waals surface area contributed by atoms with Crippen LogP contribution in [0.5, 0.6) is 5.75 Å². The minimum Gasteiger partial charge on any atom is -0.485 e. The van der Waals surface area contributed by atoms with Gasteiger partial charge in [0, 0.05) is 23.9 Å². The molecule has 0 unspecified atom stereocenters. The van der Waals surface area contributed by atoms with E-state index in [9.17, 15) is 4.79 Å². The molecule has 0 saturated carbocycles. The average molecular weight is 314 g/mol. The molecule has 1 aliphatic heterocycles. The summed E-state index contributed by atoms with van der Waals surface area (Å²) in [5.41, 5.74) is 2.07. The lowest BCUT2D eigenvalue weighted by Gasteiger charge is -2.39. The molecule has 1 atom stereocenters. The summed E-state index contributed by atoms with van der Waals surface area (Å²) < 4.78 is 17.4. The molecule has 0 spiro atoms. The summed E-state index contributed by atoms with van der Waals surface area (Å²) in [6.45, 7) is 8.74. The number of benzene rings is 1. The average Bonchev–Trinajstić information content (AvgIpc) is 2.45. The molecule has 0 radical (unpaired) electrons. The molecule has 0 N–H and O–H groups in total. The third kappa shape index (κ3) is 3.32. The van der Waals surface area contributed by atoms with Crippen molar-refractivity contribution in [1.29, 1.82) is 0 Å². The maximum Gasteiger partial charge on any atom is 0.336 e. The van der Waals surface area contributed by atoms with Crippen LogP contribution < -0.4 is 10.4 Å². The second kappa shape index (κ2) is 5.85. The number of hydrogen-bond acceptors (Lipinski definition) is 4. The largest absolute Gasteiger partial charge is 0.485 e. The molecule has 0 amide bonds. The summed E-state index contributed by atoms with van der Waals surface area (Å²) >= 11 is 0. The van der Waals surface area contributed by atoms with Crippen molar-refractivity contribution in [3.8, 4) is 5.75 Å². The maximum atomic E-state index is 11.4. The van der Waals surface area contributed by atoms with E-state index >= 15 is 0 Å². The minimum absolute atomic E-state index is 0.0289. The van der Waals surface area contributed by atoms with Crippen LogP contribution in [0.15, 0.2) is 45.1 Å². The molecule has 3 rings (SSSR count). The van der Waals surface area contributed by atoms with Gasteiger partial charge in [0.15, 0.2) is 0 Å². The topological polar surface area (TPSA) is 48.7 Å². The fourth-order valence-electron chi connectivity index (χ4n) is 2.78. The molecule has 4 heteroatoms. The molecule has 0 aliphatic carbocycles. The van der Waals surface area contributed by atoms with Crippen molar-refractivity contribution >= 4 is 11.0 Å². The van der Waals surface area contributed by atoms with Crippen molar-refractivity contribution in [3.63, 3.8) is 0 Å². The van der Waals surface area contributed by atoms with Gasteiger partial charge >= 0.3 is 5.63 Å². The Morgan fingerprint density at radius 2 is 2.13 bits per heavy atom. The highest BCUT2D eigenvalue weighted by atomic mass is 16.6. The van der Waals surface area contributed by atoms with Gasteiger partial charge in [0.25, 0.3) is 0 Å². The Morgan fingerprint density at radius 1 is 1.35 bits per heavy atom. The van der Waals surface area contributed by atoms with Gasteiger partial charge in [-0.25, -0.2) is 4.79 Å². The second-order valence-corrected chi connectivity index (χ2v) is 6.77. The number of allylic oxidation sites excluding steroid dienone is 1. The van der Waals surface area contributed by atoms with Crippen molar-refractivity contribution < 1.29 is 13.9 Å². The van der Waals surface area contributed by atoms with Gasteiger partial charge in [-0.3, -0.25) is 0 Å². The van der Waals surface area contributed by atoms with E-state index in [-0.39, 0.29) is 11.7 Å². The van der Waals surface area contributed by atoms with E-state index in [0.717, 1.165) is 23.1 Å². The van der Waals surface area contributed by atoms with Crippen LogP contribution in [0.25, 0.3) is 11.0 Å². The van der Waals surface area contributed by atoms with E-state index in [2.05, 4.69) is 19.9 Å². The van der Waals surface area contributed by atoms with Gasteiger partial charge in [-0.2, -0.15) is 0 Å². The highest BCUT2D eigenvalue weighted by Gasteiger charge is 2.37. The first-order valence-electron chi connectivity index (χ1n) is 7.86. The molecule has 23 heavy (non-hydrogen) atoms. The standard InChI is InChI=1S/C19H22O4/c1-12(2)7-8-21-17-10-14-9-13-5-6-18(20)22-15(13)11-16(14)23-19(17,3)4/h5-7,9,11,17H,8,10H2,1-4H3/t17-/m1/s1. The minimum atomic E-state index is -0.439. The number of rotatable bonds is 3. The Hall–Kier alpha value is -2.07. The lowest BCUT2D eigenvalue weighted by atomic mass is 9.90. The summed E-state index contributed by atoms with van der Waals surface area (Å²) in [4.78, 5) is 11.4. The molecule has 0 fully saturated rings. The fraction of sp³-hybridized carbons (Fsp3) is 0.421. The van der Waals surface area contributed by atoms with Gasteiger partial charge < -0.3 is 13.9 Å². The summed E-state index contributed by atoms with van der Waals surface area (Å²) in [5.74, 6) is 0.763. The van der Waals surface area contributed by atoms with Gasteiger partial charge in [-0.05, 0) is 45.4 Å². The Labute approximate surface area is 135 Å². The van der Waals surface area contributed by atoms with Gasteiger partial charge in [-0.15, -0.1) is 0 Å². The highest BCUT2D eigenvalue weighted by molar-refractivity contribution is 5.79. The first-order valence-corrected chi connectivity index (χ1v) is 7.86. The molecular weight excluding hydrogens is 292 g/mol. The molecule has 0 saturated heterocycles. The maximum absolute atomic E-state index is 11.4. The molecule has 2 aromatic rings. The van der Waals surface area contributed by atoms with Crippen LogP contribution >= 0.6 is 0 Å². The Morgan fingerprint density at radius 3 is 2.87 bits per heavy atom. The molecule has 122 valence electrons. The predicted molar refractivity (Wildman–Crippen MR) is 90.1 cm³/mol. The third-order valence-electron chi connectivity index (χ3n) is 4.15. The molecule has 1 aliphatic rings. The number of fused-ring (bicyclic) bond motifs is 2. The zero-order valence-electron chi connectivity index (χ0n) is 14.0. The van der Waals surface area contributed by atoms with Gasteiger partial charge in [0.2, 0.25) is 0 Å². The molecular formula is C19H22O4. The van der Waals surface area contributed by atoms with Crippen LogP contribution in [0.3, 0.4) is 0 Å². The van der Waals surface area contributed by atoms with Crippen LogP contribution in [-0.2, 0) is 11.2 Å². The Kier molecular flexibility index (Phi) is 4.02. The molecule has 1 aromatic carbocycles. The first-order chi connectivity index (χ1) is 10.8. The van der Waals surface area contributed by atoms with E-state index in [1.165, 1.54) is 11.6 Å². The third-order valence-corrected chi connectivity index (χ3v) is 4.15. The van der Waals surface area contributed by atoms with Crippen molar-refractivity contribution in [2.75, 3.05) is 6.61 Å². The second-order valence-electron chi connectivity index (χ2n) is 6.77. The fourth-order valence-corrected chi connectivity index (χ4v) is 2.78. The monoisotopic (exact) mass is 314 g/mol. The van der Waals surface area contributed by atoms with Crippen molar-refractivity contribution in [2.24, 2.45) is 0 Å². The lowest BCUT2D eigenvalue weighted by Crippen LogP contribution is -2.48. The summed E-state index contributed by atoms with van der Waals surface area (Å²) in [7, 11) is 0. The van der Waals surface area contributed by atoms with Crippen LogP contribution in [0.2, 0.25) is 0 Å². The zero-order chi connectivity index (χ0) is 16.6. The van der Waals surface area contributed by atoms with Gasteiger partial charge in [0.1, 0.15) is 23.0 Å². The van der Waals surface area contributed by atoms with E-state index < -0.39 is 5.60 Å². The molecule has 1 aromatic heterocycles. The van der Waals surface area contributed by atoms with Crippen LogP contribution in [-0.4, -0.2) is 18.3 Å². The van der Waals surface area contributed by atoms with Crippen LogP contribution in [0.1, 0.15) is 33.3 Å². The smallest absolute Gasteiger partial charge is 0.336 e. The SMILES string of the molecule is CC(C)=CCO[C@@H]1Cc2cc3ccc(=O)oc3cc2OC1(C)C. The van der Waals surface area contributed by atoms with Crippen molar-refractivity contribution in [1.82, 2.24) is 0 Å². The predicted octanol–water partition coefficient (Wildman–Crippen LogP) is 3.86. The van der Waals surface area contributed by atoms with Gasteiger partial charge in [0.05, 0.1) is 6.61 Å².